The Labute approximate surface area is 224 Å². The van der Waals surface area contributed by atoms with E-state index in [1.54, 1.807) is 48.7 Å². The predicted molar refractivity (Wildman–Crippen MR) is 151 cm³/mol. The van der Waals surface area contributed by atoms with Crippen LogP contribution in [0.25, 0.3) is 10.9 Å². The van der Waals surface area contributed by atoms with Crippen LogP contribution in [0.2, 0.25) is 0 Å². The highest BCUT2D eigenvalue weighted by atomic mass is 32.2. The molecule has 1 aliphatic heterocycles. The minimum Gasteiger partial charge on any atom is -0.337 e. The molecule has 196 valence electrons. The van der Waals surface area contributed by atoms with Gasteiger partial charge in [0.1, 0.15) is 0 Å². The van der Waals surface area contributed by atoms with Crippen LogP contribution in [0.3, 0.4) is 0 Å². The Morgan fingerprint density at radius 1 is 0.842 bits per heavy atom. The van der Waals surface area contributed by atoms with E-state index in [1.807, 2.05) is 17.0 Å². The molecule has 0 unspecified atom stereocenters. The van der Waals surface area contributed by atoms with Gasteiger partial charge in [-0.15, -0.1) is 0 Å². The summed E-state index contributed by atoms with van der Waals surface area (Å²) in [5.41, 5.74) is 4.45. The number of hydrogen-bond acceptors (Lipinski definition) is 5. The highest BCUT2D eigenvalue weighted by Gasteiger charge is 2.22. The molecular formula is C31H33N3O3S. The van der Waals surface area contributed by atoms with Crippen LogP contribution in [0, 0.1) is 0 Å². The van der Waals surface area contributed by atoms with Gasteiger partial charge in [-0.25, -0.2) is 8.42 Å². The van der Waals surface area contributed by atoms with Gasteiger partial charge in [0.05, 0.1) is 16.2 Å². The van der Waals surface area contributed by atoms with Gasteiger partial charge in [-0.1, -0.05) is 61.5 Å². The first-order valence-corrected chi connectivity index (χ1v) is 14.8. The largest absolute Gasteiger partial charge is 0.337 e. The van der Waals surface area contributed by atoms with Crippen molar-refractivity contribution < 1.29 is 13.2 Å². The maximum absolute atomic E-state index is 13.3. The second-order valence-corrected chi connectivity index (χ2v) is 11.8. The number of sulfone groups is 1. The van der Waals surface area contributed by atoms with Crippen LogP contribution in [-0.4, -0.2) is 55.3 Å². The molecule has 0 saturated carbocycles. The summed E-state index contributed by atoms with van der Waals surface area (Å²) < 4.78 is 26.4. The first kappa shape index (κ1) is 26.1. The van der Waals surface area contributed by atoms with Crippen LogP contribution in [0.5, 0.6) is 0 Å². The van der Waals surface area contributed by atoms with E-state index in [-0.39, 0.29) is 16.6 Å². The molecule has 4 aromatic rings. The van der Waals surface area contributed by atoms with E-state index >= 15 is 0 Å². The Morgan fingerprint density at radius 2 is 1.61 bits per heavy atom. The summed E-state index contributed by atoms with van der Waals surface area (Å²) in [6.07, 6.45) is 3.55. The van der Waals surface area contributed by atoms with E-state index in [2.05, 4.69) is 41.1 Å². The fourth-order valence-electron chi connectivity index (χ4n) is 5.18. The zero-order valence-corrected chi connectivity index (χ0v) is 22.5. The third-order valence-corrected chi connectivity index (χ3v) is 8.97. The Balaban J connectivity index is 1.23. The minimum absolute atomic E-state index is 0.00605. The quantitative estimate of drug-likeness (QED) is 0.334. The summed E-state index contributed by atoms with van der Waals surface area (Å²) in [7, 11) is -3.60. The number of nitrogens with zero attached hydrogens (tertiary/aromatic N) is 3. The van der Waals surface area contributed by atoms with Crippen molar-refractivity contribution in [1.82, 2.24) is 14.8 Å². The first-order chi connectivity index (χ1) is 18.4. The highest BCUT2D eigenvalue weighted by molar-refractivity contribution is 7.90. The number of carbonyl (C=O) groups is 1. The number of aromatic nitrogens is 1. The van der Waals surface area contributed by atoms with Gasteiger partial charge in [0.2, 0.25) is 0 Å². The van der Waals surface area contributed by atoms with Crippen LogP contribution in [-0.2, 0) is 28.6 Å². The van der Waals surface area contributed by atoms with Crippen molar-refractivity contribution in [3.63, 3.8) is 0 Å². The summed E-state index contributed by atoms with van der Waals surface area (Å²) in [4.78, 5) is 22.1. The summed E-state index contributed by atoms with van der Waals surface area (Å²) in [5, 5.41) is 0.792. The van der Waals surface area contributed by atoms with Gasteiger partial charge in [0.25, 0.3) is 5.91 Å². The number of aryl methyl sites for hydroxylation is 1. The lowest BCUT2D eigenvalue weighted by Gasteiger charge is -2.23. The number of carbonyl (C=O) groups excluding carboxylic acids is 1. The summed E-state index contributed by atoms with van der Waals surface area (Å²) >= 11 is 0. The topological polar surface area (TPSA) is 70.6 Å². The van der Waals surface area contributed by atoms with Crippen molar-refractivity contribution in [1.29, 1.82) is 0 Å². The van der Waals surface area contributed by atoms with Crippen molar-refractivity contribution in [2.45, 2.75) is 37.0 Å². The molecule has 1 aliphatic rings. The third kappa shape index (κ3) is 5.79. The molecule has 0 atom stereocenters. The monoisotopic (exact) mass is 527 g/mol. The smallest absolute Gasteiger partial charge is 0.253 e. The fraction of sp³-hybridized carbons (Fsp3) is 0.290. The molecule has 6 nitrogen and oxygen atoms in total. The highest BCUT2D eigenvalue weighted by Crippen LogP contribution is 2.24. The average Bonchev–Trinajstić information content (AvgIpc) is 3.18. The van der Waals surface area contributed by atoms with Gasteiger partial charge in [-0.05, 0) is 53.8 Å². The fourth-order valence-corrected chi connectivity index (χ4v) is 6.72. The summed E-state index contributed by atoms with van der Waals surface area (Å²) in [6, 6.07) is 24.4. The molecule has 0 spiro atoms. The lowest BCUT2D eigenvalue weighted by molar-refractivity contribution is 0.0761. The van der Waals surface area contributed by atoms with Crippen molar-refractivity contribution in [3.05, 3.63) is 107 Å². The number of fused-ring (bicyclic) bond motifs is 1. The van der Waals surface area contributed by atoms with Crippen molar-refractivity contribution in [2.75, 3.05) is 26.2 Å². The number of benzene rings is 3. The molecule has 2 heterocycles. The van der Waals surface area contributed by atoms with E-state index < -0.39 is 9.84 Å². The van der Waals surface area contributed by atoms with Crippen LogP contribution in [0.1, 0.15) is 40.4 Å². The van der Waals surface area contributed by atoms with Gasteiger partial charge in [-0.3, -0.25) is 14.7 Å². The third-order valence-electron chi connectivity index (χ3n) is 7.26. The van der Waals surface area contributed by atoms with Gasteiger partial charge in [0, 0.05) is 49.9 Å². The molecule has 0 N–H and O–H groups in total. The molecule has 3 aromatic carbocycles. The average molecular weight is 528 g/mol. The summed E-state index contributed by atoms with van der Waals surface area (Å²) in [5.74, 6) is -0.150. The molecule has 0 aliphatic carbocycles. The SMILES string of the molecule is CCc1ccccc1CN1CCCN(C(=O)c2ccc(CS(=O)(=O)c3cccc4cccnc34)cc2)CC1. The number of rotatable bonds is 7. The number of para-hydroxylation sites is 1. The van der Waals surface area contributed by atoms with E-state index in [1.165, 1.54) is 11.1 Å². The zero-order chi connectivity index (χ0) is 26.5. The van der Waals surface area contributed by atoms with Gasteiger partial charge < -0.3 is 4.90 Å². The molecule has 1 amide bonds. The van der Waals surface area contributed by atoms with E-state index in [9.17, 15) is 13.2 Å². The Kier molecular flexibility index (Phi) is 7.86. The second-order valence-electron chi connectivity index (χ2n) is 9.83. The number of amides is 1. The van der Waals surface area contributed by atoms with Crippen LogP contribution >= 0.6 is 0 Å². The van der Waals surface area contributed by atoms with Crippen molar-refractivity contribution >= 4 is 26.6 Å². The zero-order valence-electron chi connectivity index (χ0n) is 21.7. The molecule has 0 bridgehead atoms. The Morgan fingerprint density at radius 3 is 2.39 bits per heavy atom. The Bertz CT molecular complexity index is 1530. The maximum atomic E-state index is 13.3. The minimum atomic E-state index is -3.60. The second kappa shape index (κ2) is 11.5. The van der Waals surface area contributed by atoms with E-state index in [4.69, 9.17) is 0 Å². The normalized spacial score (nSPS) is 14.9. The van der Waals surface area contributed by atoms with E-state index in [0.717, 1.165) is 44.4 Å². The maximum Gasteiger partial charge on any atom is 0.253 e. The molecule has 0 radical (unpaired) electrons. The molecule has 7 heteroatoms. The van der Waals surface area contributed by atoms with Gasteiger partial charge >= 0.3 is 0 Å². The molecule has 5 rings (SSSR count). The predicted octanol–water partition coefficient (Wildman–Crippen LogP) is 5.12. The first-order valence-electron chi connectivity index (χ1n) is 13.2. The van der Waals surface area contributed by atoms with Crippen LogP contribution in [0.15, 0.2) is 90.0 Å². The molecule has 1 fully saturated rings. The standard InChI is InChI=1S/C31H33N3O3S/c1-2-25-8-3-4-9-28(25)22-33-18-7-19-34(21-20-33)31(35)27-15-13-24(14-16-27)23-38(36,37)29-12-5-10-26-11-6-17-32-30(26)29/h3-6,8-17H,2,7,18-23H2,1H3. The summed E-state index contributed by atoms with van der Waals surface area (Å²) in [6.45, 7) is 6.28. The molecule has 1 saturated heterocycles. The van der Waals surface area contributed by atoms with Gasteiger partial charge in [-0.2, -0.15) is 0 Å². The van der Waals surface area contributed by atoms with Crippen molar-refractivity contribution in [3.8, 4) is 0 Å². The molecule has 38 heavy (non-hydrogen) atoms. The van der Waals surface area contributed by atoms with Crippen molar-refractivity contribution in [2.24, 2.45) is 0 Å². The number of pyridine rings is 1. The van der Waals surface area contributed by atoms with Gasteiger partial charge in [0.15, 0.2) is 9.84 Å². The van der Waals surface area contributed by atoms with Crippen LogP contribution < -0.4 is 0 Å². The Hall–Kier alpha value is -3.55. The lowest BCUT2D eigenvalue weighted by atomic mass is 10.0. The molecule has 1 aromatic heterocycles. The lowest BCUT2D eigenvalue weighted by Crippen LogP contribution is -2.35. The van der Waals surface area contributed by atoms with Crippen LogP contribution in [0.4, 0.5) is 0 Å². The molecular weight excluding hydrogens is 494 g/mol. The van der Waals surface area contributed by atoms with E-state index in [0.29, 0.717) is 23.2 Å². The number of hydrogen-bond donors (Lipinski definition) is 0.